The van der Waals surface area contributed by atoms with E-state index >= 15 is 0 Å². The summed E-state index contributed by atoms with van der Waals surface area (Å²) in [6, 6.07) is 0. The molecule has 2 rings (SSSR count). The van der Waals surface area contributed by atoms with E-state index in [-0.39, 0.29) is 12.4 Å². The fourth-order valence-corrected chi connectivity index (χ4v) is 1.92. The third-order valence-electron chi connectivity index (χ3n) is 2.72. The highest BCUT2D eigenvalue weighted by Crippen LogP contribution is 2.16. The first-order valence-electron chi connectivity index (χ1n) is 5.08. The van der Waals surface area contributed by atoms with Gasteiger partial charge in [-0.3, -0.25) is 4.79 Å². The van der Waals surface area contributed by atoms with Crippen molar-refractivity contribution in [3.8, 4) is 0 Å². The molecule has 0 aromatic carbocycles. The topological polar surface area (TPSA) is 57.8 Å². The van der Waals surface area contributed by atoms with Gasteiger partial charge in [0, 0.05) is 6.20 Å². The first-order valence-corrected chi connectivity index (χ1v) is 5.08. The Hall–Kier alpha value is -0.870. The van der Waals surface area contributed by atoms with E-state index in [4.69, 9.17) is 0 Å². The Kier molecular flexibility index (Phi) is 4.78. The fraction of sp³-hybridized carbons (Fsp3) is 0.600. The lowest BCUT2D eigenvalue weighted by Gasteiger charge is -2.21. The lowest BCUT2D eigenvalue weighted by molar-refractivity contribution is 0.111. The number of aromatic nitrogens is 2. The van der Waals surface area contributed by atoms with Crippen LogP contribution >= 0.6 is 12.4 Å². The molecule has 0 saturated carbocycles. The number of nitrogens with zero attached hydrogens (tertiary/aromatic N) is 1. The van der Waals surface area contributed by atoms with Crippen molar-refractivity contribution in [2.24, 2.45) is 5.92 Å². The number of piperidine rings is 1. The summed E-state index contributed by atoms with van der Waals surface area (Å²) >= 11 is 0. The monoisotopic (exact) mass is 229 g/mol. The zero-order valence-corrected chi connectivity index (χ0v) is 9.35. The molecule has 2 heterocycles. The average molecular weight is 230 g/mol. The van der Waals surface area contributed by atoms with Crippen molar-refractivity contribution >= 4 is 18.7 Å². The van der Waals surface area contributed by atoms with Crippen LogP contribution in [0, 0.1) is 5.92 Å². The number of carbonyl (C=O) groups is 1. The summed E-state index contributed by atoms with van der Waals surface area (Å²) in [4.78, 5) is 17.4. The molecule has 2 N–H and O–H groups in total. The Morgan fingerprint density at radius 3 is 2.80 bits per heavy atom. The number of imidazole rings is 1. The molecule has 1 aromatic heterocycles. The molecular weight excluding hydrogens is 214 g/mol. The van der Waals surface area contributed by atoms with Gasteiger partial charge >= 0.3 is 0 Å². The Labute approximate surface area is 95.3 Å². The lowest BCUT2D eigenvalue weighted by atomic mass is 9.93. The molecule has 15 heavy (non-hydrogen) atoms. The molecule has 0 atom stereocenters. The minimum Gasteiger partial charge on any atom is -0.342 e. The maximum Gasteiger partial charge on any atom is 0.185 e. The van der Waals surface area contributed by atoms with E-state index in [0.29, 0.717) is 5.82 Å². The molecule has 84 valence electrons. The largest absolute Gasteiger partial charge is 0.342 e. The van der Waals surface area contributed by atoms with Crippen molar-refractivity contribution in [3.05, 3.63) is 17.7 Å². The summed E-state index contributed by atoms with van der Waals surface area (Å²) < 4.78 is 0. The summed E-state index contributed by atoms with van der Waals surface area (Å²) in [6.45, 7) is 2.21. The molecule has 0 aliphatic carbocycles. The molecule has 0 unspecified atom stereocenters. The normalized spacial score (nSPS) is 17.1. The van der Waals surface area contributed by atoms with Gasteiger partial charge in [0.15, 0.2) is 12.1 Å². The number of halogens is 1. The predicted octanol–water partition coefficient (Wildman–Crippen LogP) is 1.19. The number of H-pyrrole nitrogens is 1. The van der Waals surface area contributed by atoms with Crippen LogP contribution in [0.4, 0.5) is 0 Å². The Morgan fingerprint density at radius 1 is 1.47 bits per heavy atom. The second-order valence-corrected chi connectivity index (χ2v) is 3.79. The van der Waals surface area contributed by atoms with Gasteiger partial charge in [0.2, 0.25) is 0 Å². The van der Waals surface area contributed by atoms with Crippen LogP contribution in [0.2, 0.25) is 0 Å². The van der Waals surface area contributed by atoms with Crippen LogP contribution in [0.5, 0.6) is 0 Å². The number of hydrogen-bond acceptors (Lipinski definition) is 3. The fourth-order valence-electron chi connectivity index (χ4n) is 1.92. The van der Waals surface area contributed by atoms with Crippen molar-refractivity contribution in [2.45, 2.75) is 19.3 Å². The van der Waals surface area contributed by atoms with Gasteiger partial charge in [-0.1, -0.05) is 0 Å². The Bertz CT molecular complexity index is 307. The van der Waals surface area contributed by atoms with Crippen LogP contribution in [0.25, 0.3) is 0 Å². The third kappa shape index (κ3) is 3.32. The number of rotatable bonds is 3. The molecule has 0 radical (unpaired) electrons. The van der Waals surface area contributed by atoms with Gasteiger partial charge < -0.3 is 10.3 Å². The van der Waals surface area contributed by atoms with E-state index in [2.05, 4.69) is 15.3 Å². The van der Waals surface area contributed by atoms with Gasteiger partial charge in [0.05, 0.1) is 5.69 Å². The second-order valence-electron chi connectivity index (χ2n) is 3.79. The molecule has 0 bridgehead atoms. The molecule has 1 aromatic rings. The second kappa shape index (κ2) is 5.88. The zero-order chi connectivity index (χ0) is 9.80. The van der Waals surface area contributed by atoms with Crippen LogP contribution in [0.15, 0.2) is 6.20 Å². The summed E-state index contributed by atoms with van der Waals surface area (Å²) in [6.07, 6.45) is 6.01. The van der Waals surface area contributed by atoms with Crippen LogP contribution in [-0.4, -0.2) is 29.3 Å². The first kappa shape index (κ1) is 12.2. The summed E-state index contributed by atoms with van der Waals surface area (Å²) in [5.41, 5.74) is 1.01. The molecule has 5 heteroatoms. The Balaban J connectivity index is 0.00000112. The van der Waals surface area contributed by atoms with Crippen molar-refractivity contribution in [3.63, 3.8) is 0 Å². The first-order chi connectivity index (χ1) is 6.88. The summed E-state index contributed by atoms with van der Waals surface area (Å²) in [5, 5.41) is 3.33. The van der Waals surface area contributed by atoms with E-state index in [0.717, 1.165) is 37.4 Å². The van der Waals surface area contributed by atoms with Crippen LogP contribution in [0.1, 0.15) is 29.2 Å². The number of nitrogens with one attached hydrogen (secondary N) is 2. The van der Waals surface area contributed by atoms with Gasteiger partial charge in [0.25, 0.3) is 0 Å². The van der Waals surface area contributed by atoms with Gasteiger partial charge in [0.1, 0.15) is 0 Å². The van der Waals surface area contributed by atoms with Gasteiger partial charge in [-0.25, -0.2) is 4.98 Å². The number of aldehydes is 1. The zero-order valence-electron chi connectivity index (χ0n) is 8.53. The van der Waals surface area contributed by atoms with E-state index < -0.39 is 0 Å². The number of carbonyl (C=O) groups excluding carboxylic acids is 1. The minimum atomic E-state index is 0. The Morgan fingerprint density at radius 2 is 2.20 bits per heavy atom. The SMILES string of the molecule is Cl.O=Cc1nc(CC2CCNCC2)c[nH]1. The minimum absolute atomic E-state index is 0. The summed E-state index contributed by atoms with van der Waals surface area (Å²) in [5.74, 6) is 1.16. The average Bonchev–Trinajstić information content (AvgIpc) is 2.67. The molecule has 0 amide bonds. The predicted molar refractivity (Wildman–Crippen MR) is 60.5 cm³/mol. The lowest BCUT2D eigenvalue weighted by Crippen LogP contribution is -2.28. The molecule has 1 aliphatic heterocycles. The molecule has 1 saturated heterocycles. The van der Waals surface area contributed by atoms with Gasteiger partial charge in [-0.15, -0.1) is 12.4 Å². The molecule has 0 spiro atoms. The molecule has 1 aliphatic rings. The van der Waals surface area contributed by atoms with Crippen molar-refractivity contribution in [1.82, 2.24) is 15.3 Å². The highest BCUT2D eigenvalue weighted by Gasteiger charge is 2.14. The third-order valence-corrected chi connectivity index (χ3v) is 2.72. The smallest absolute Gasteiger partial charge is 0.185 e. The van der Waals surface area contributed by atoms with E-state index in [1.807, 2.05) is 6.20 Å². The van der Waals surface area contributed by atoms with Crippen molar-refractivity contribution in [2.75, 3.05) is 13.1 Å². The molecular formula is C10H16ClN3O. The number of aromatic amines is 1. The van der Waals surface area contributed by atoms with Gasteiger partial charge in [-0.05, 0) is 38.3 Å². The van der Waals surface area contributed by atoms with Crippen LogP contribution < -0.4 is 5.32 Å². The molecule has 1 fully saturated rings. The van der Waals surface area contributed by atoms with Crippen LogP contribution in [0.3, 0.4) is 0 Å². The van der Waals surface area contributed by atoms with Gasteiger partial charge in [-0.2, -0.15) is 0 Å². The highest BCUT2D eigenvalue weighted by atomic mass is 35.5. The molecule has 4 nitrogen and oxygen atoms in total. The quantitative estimate of drug-likeness (QED) is 0.766. The maximum absolute atomic E-state index is 10.4. The highest BCUT2D eigenvalue weighted by molar-refractivity contribution is 5.85. The standard InChI is InChI=1S/C10H15N3O.ClH/c14-7-10-12-6-9(13-10)5-8-1-3-11-4-2-8;/h6-8,11H,1-5H2,(H,12,13);1H. The van der Waals surface area contributed by atoms with E-state index in [9.17, 15) is 4.79 Å². The van der Waals surface area contributed by atoms with E-state index in [1.54, 1.807) is 0 Å². The van der Waals surface area contributed by atoms with Crippen molar-refractivity contribution in [1.29, 1.82) is 0 Å². The maximum atomic E-state index is 10.4. The van der Waals surface area contributed by atoms with E-state index in [1.165, 1.54) is 12.8 Å². The van der Waals surface area contributed by atoms with Crippen LogP contribution in [-0.2, 0) is 6.42 Å². The summed E-state index contributed by atoms with van der Waals surface area (Å²) in [7, 11) is 0. The number of hydrogen-bond donors (Lipinski definition) is 2. The van der Waals surface area contributed by atoms with Crippen molar-refractivity contribution < 1.29 is 4.79 Å².